The molecule has 118 valence electrons. The molecule has 0 spiro atoms. The zero-order valence-corrected chi connectivity index (χ0v) is 14.8. The molecule has 0 aliphatic heterocycles. The predicted molar refractivity (Wildman–Crippen MR) is 92.9 cm³/mol. The monoisotopic (exact) mass is 287 g/mol. The van der Waals surface area contributed by atoms with Crippen molar-refractivity contribution >= 4 is 0 Å². The van der Waals surface area contributed by atoms with Crippen LogP contribution in [0.15, 0.2) is 24.3 Å². The maximum Gasteiger partial charge on any atom is 0.0107 e. The average Bonchev–Trinajstić information content (AvgIpc) is 2.84. The zero-order chi connectivity index (χ0) is 15.6. The van der Waals surface area contributed by atoms with Gasteiger partial charge < -0.3 is 4.90 Å². The van der Waals surface area contributed by atoms with E-state index in [1.54, 1.807) is 0 Å². The van der Waals surface area contributed by atoms with E-state index in [-0.39, 0.29) is 5.41 Å². The van der Waals surface area contributed by atoms with Gasteiger partial charge in [0.25, 0.3) is 0 Å². The van der Waals surface area contributed by atoms with Crippen molar-refractivity contribution < 1.29 is 0 Å². The summed E-state index contributed by atoms with van der Waals surface area (Å²) in [6.45, 7) is 11.6. The van der Waals surface area contributed by atoms with Gasteiger partial charge in [0.2, 0.25) is 0 Å². The maximum atomic E-state index is 2.61. The van der Waals surface area contributed by atoms with Gasteiger partial charge in [0, 0.05) is 12.1 Å². The van der Waals surface area contributed by atoms with E-state index in [0.29, 0.717) is 6.04 Å². The Hall–Kier alpha value is -0.820. The first-order valence-electron chi connectivity index (χ1n) is 8.58. The Bertz CT molecular complexity index is 440. The standard InChI is InChI=1S/C20H33N/c1-15-7-12-19(13-15)21(6)16(2)14-17-8-10-18(11-9-17)20(3,4)5/h8-11,15-16,19H,7,12-14H2,1-6H3/t15-,16?,19?/m1/s1. The van der Waals surface area contributed by atoms with E-state index in [1.807, 2.05) is 0 Å². The number of nitrogens with zero attached hydrogens (tertiary/aromatic N) is 1. The van der Waals surface area contributed by atoms with Crippen molar-refractivity contribution in [2.75, 3.05) is 7.05 Å². The second kappa shape index (κ2) is 6.52. The molecule has 0 heterocycles. The molecule has 0 bridgehead atoms. The van der Waals surface area contributed by atoms with Crippen LogP contribution in [0, 0.1) is 5.92 Å². The first-order chi connectivity index (χ1) is 9.77. The van der Waals surface area contributed by atoms with E-state index in [4.69, 9.17) is 0 Å². The topological polar surface area (TPSA) is 3.24 Å². The largest absolute Gasteiger partial charge is 0.300 e. The predicted octanol–water partition coefficient (Wildman–Crippen LogP) is 5.04. The van der Waals surface area contributed by atoms with E-state index in [9.17, 15) is 0 Å². The van der Waals surface area contributed by atoms with Gasteiger partial charge in [0.05, 0.1) is 0 Å². The quantitative estimate of drug-likeness (QED) is 0.750. The molecule has 1 saturated carbocycles. The molecule has 0 amide bonds. The number of hydrogen-bond acceptors (Lipinski definition) is 1. The summed E-state index contributed by atoms with van der Waals surface area (Å²) in [5.41, 5.74) is 3.14. The van der Waals surface area contributed by atoms with Crippen molar-refractivity contribution in [2.24, 2.45) is 5.92 Å². The Morgan fingerprint density at radius 2 is 1.76 bits per heavy atom. The van der Waals surface area contributed by atoms with Gasteiger partial charge in [-0.1, -0.05) is 52.0 Å². The number of rotatable bonds is 4. The molecule has 2 unspecified atom stereocenters. The SMILES string of the molecule is CC(Cc1ccc(C(C)(C)C)cc1)N(C)C1CC[C@@H](C)C1. The number of benzene rings is 1. The van der Waals surface area contributed by atoms with E-state index in [1.165, 1.54) is 30.4 Å². The molecule has 3 atom stereocenters. The average molecular weight is 287 g/mol. The summed E-state index contributed by atoms with van der Waals surface area (Å²) in [6, 6.07) is 10.7. The van der Waals surface area contributed by atoms with E-state index >= 15 is 0 Å². The van der Waals surface area contributed by atoms with Crippen molar-refractivity contribution in [1.82, 2.24) is 4.90 Å². The molecule has 21 heavy (non-hydrogen) atoms. The summed E-state index contributed by atoms with van der Waals surface area (Å²) in [6.07, 6.45) is 5.32. The van der Waals surface area contributed by atoms with Gasteiger partial charge in [-0.05, 0) is 62.1 Å². The van der Waals surface area contributed by atoms with Crippen LogP contribution in [0.25, 0.3) is 0 Å². The first-order valence-corrected chi connectivity index (χ1v) is 8.58. The lowest BCUT2D eigenvalue weighted by atomic mass is 9.86. The summed E-state index contributed by atoms with van der Waals surface area (Å²) in [5.74, 6) is 0.913. The molecule has 0 N–H and O–H groups in total. The van der Waals surface area contributed by atoms with Crippen molar-refractivity contribution in [3.63, 3.8) is 0 Å². The highest BCUT2D eigenvalue weighted by molar-refractivity contribution is 5.28. The molecule has 2 rings (SSSR count). The number of likely N-dealkylation sites (N-methyl/N-ethyl adjacent to an activating group) is 1. The van der Waals surface area contributed by atoms with Gasteiger partial charge in [-0.2, -0.15) is 0 Å². The Morgan fingerprint density at radius 1 is 1.14 bits per heavy atom. The molecule has 1 fully saturated rings. The van der Waals surface area contributed by atoms with Crippen LogP contribution < -0.4 is 0 Å². The van der Waals surface area contributed by atoms with Crippen LogP contribution in [-0.4, -0.2) is 24.0 Å². The third kappa shape index (κ3) is 4.32. The Labute approximate surface area is 131 Å². The maximum absolute atomic E-state index is 2.61. The van der Waals surface area contributed by atoms with Gasteiger partial charge >= 0.3 is 0 Å². The molecular formula is C20H33N. The minimum Gasteiger partial charge on any atom is -0.300 e. The Balaban J connectivity index is 1.94. The highest BCUT2D eigenvalue weighted by atomic mass is 15.2. The van der Waals surface area contributed by atoms with E-state index < -0.39 is 0 Å². The summed E-state index contributed by atoms with van der Waals surface area (Å²) in [7, 11) is 2.32. The molecular weight excluding hydrogens is 254 g/mol. The third-order valence-corrected chi connectivity index (χ3v) is 5.29. The van der Waals surface area contributed by atoms with Gasteiger partial charge in [-0.15, -0.1) is 0 Å². The molecule has 1 aliphatic rings. The Morgan fingerprint density at radius 3 is 2.24 bits per heavy atom. The van der Waals surface area contributed by atoms with Crippen LogP contribution in [0.3, 0.4) is 0 Å². The first kappa shape index (κ1) is 16.5. The molecule has 0 saturated heterocycles. The summed E-state index contributed by atoms with van der Waals surface area (Å²) in [5, 5.41) is 0. The zero-order valence-electron chi connectivity index (χ0n) is 14.8. The third-order valence-electron chi connectivity index (χ3n) is 5.29. The minimum atomic E-state index is 0.251. The highest BCUT2D eigenvalue weighted by Gasteiger charge is 2.27. The second-order valence-electron chi connectivity index (χ2n) is 8.24. The second-order valence-corrected chi connectivity index (χ2v) is 8.24. The van der Waals surface area contributed by atoms with Crippen molar-refractivity contribution in [3.05, 3.63) is 35.4 Å². The van der Waals surface area contributed by atoms with Crippen LogP contribution in [0.1, 0.15) is 65.0 Å². The van der Waals surface area contributed by atoms with Gasteiger partial charge in [-0.25, -0.2) is 0 Å². The normalized spacial score (nSPS) is 24.5. The van der Waals surface area contributed by atoms with E-state index in [0.717, 1.165) is 18.4 Å². The van der Waals surface area contributed by atoms with Crippen molar-refractivity contribution in [1.29, 1.82) is 0 Å². The fourth-order valence-corrected chi connectivity index (χ4v) is 3.53. The van der Waals surface area contributed by atoms with Gasteiger partial charge in [-0.3, -0.25) is 0 Å². The van der Waals surface area contributed by atoms with Crippen LogP contribution in [0.2, 0.25) is 0 Å². The van der Waals surface area contributed by atoms with E-state index in [2.05, 4.69) is 70.8 Å². The smallest absolute Gasteiger partial charge is 0.0107 e. The van der Waals surface area contributed by atoms with Crippen LogP contribution in [-0.2, 0) is 11.8 Å². The van der Waals surface area contributed by atoms with Gasteiger partial charge in [0.1, 0.15) is 0 Å². The van der Waals surface area contributed by atoms with Crippen molar-refractivity contribution in [2.45, 2.75) is 77.8 Å². The summed E-state index contributed by atoms with van der Waals surface area (Å²) < 4.78 is 0. The highest BCUT2D eigenvalue weighted by Crippen LogP contribution is 2.29. The molecule has 1 aliphatic carbocycles. The lowest BCUT2D eigenvalue weighted by Crippen LogP contribution is -2.38. The fraction of sp³-hybridized carbons (Fsp3) is 0.700. The molecule has 1 aromatic rings. The lowest BCUT2D eigenvalue weighted by molar-refractivity contribution is 0.182. The van der Waals surface area contributed by atoms with Crippen LogP contribution in [0.5, 0.6) is 0 Å². The molecule has 1 heteroatoms. The van der Waals surface area contributed by atoms with Crippen molar-refractivity contribution in [3.8, 4) is 0 Å². The van der Waals surface area contributed by atoms with Crippen LogP contribution in [0.4, 0.5) is 0 Å². The Kier molecular flexibility index (Phi) is 5.14. The summed E-state index contributed by atoms with van der Waals surface area (Å²) in [4.78, 5) is 2.61. The fourth-order valence-electron chi connectivity index (χ4n) is 3.53. The van der Waals surface area contributed by atoms with Crippen LogP contribution >= 0.6 is 0 Å². The molecule has 1 aromatic carbocycles. The molecule has 1 nitrogen and oxygen atoms in total. The number of hydrogen-bond donors (Lipinski definition) is 0. The minimum absolute atomic E-state index is 0.251. The molecule has 0 radical (unpaired) electrons. The molecule has 0 aromatic heterocycles. The summed E-state index contributed by atoms with van der Waals surface area (Å²) >= 11 is 0. The van der Waals surface area contributed by atoms with Gasteiger partial charge in [0.15, 0.2) is 0 Å². The lowest BCUT2D eigenvalue weighted by Gasteiger charge is -2.31.